The van der Waals surface area contributed by atoms with Gasteiger partial charge in [0.2, 0.25) is 5.91 Å². The van der Waals surface area contributed by atoms with Gasteiger partial charge in [-0.2, -0.15) is 0 Å². The highest BCUT2D eigenvalue weighted by molar-refractivity contribution is 5.87. The van der Waals surface area contributed by atoms with Gasteiger partial charge in [0, 0.05) is 13.2 Å². The maximum Gasteiger partial charge on any atom is 0.232 e. The van der Waals surface area contributed by atoms with Crippen molar-refractivity contribution in [3.63, 3.8) is 0 Å². The summed E-state index contributed by atoms with van der Waals surface area (Å²) in [6.45, 7) is 5.42. The molecule has 0 spiro atoms. The first kappa shape index (κ1) is 16.3. The third-order valence-corrected chi connectivity index (χ3v) is 4.27. The Labute approximate surface area is 142 Å². The van der Waals surface area contributed by atoms with Gasteiger partial charge < -0.3 is 14.4 Å². The van der Waals surface area contributed by atoms with Crippen LogP contribution in [0.5, 0.6) is 11.5 Å². The fraction of sp³-hybridized carbons (Fsp3) is 0.368. The Kier molecular flexibility index (Phi) is 4.42. The van der Waals surface area contributed by atoms with Crippen LogP contribution in [0.1, 0.15) is 25.1 Å². The van der Waals surface area contributed by atoms with E-state index in [1.807, 2.05) is 50.2 Å². The number of pyridine rings is 1. The van der Waals surface area contributed by atoms with Crippen molar-refractivity contribution in [1.29, 1.82) is 0 Å². The SMILES string of the molecule is CN(Cc1ccccn1)C(=O)C(C)(C)c1ccc2c(c1)OCCO2. The molecule has 0 N–H and O–H groups in total. The van der Waals surface area contributed by atoms with Crippen molar-refractivity contribution in [2.75, 3.05) is 20.3 Å². The number of hydrogen-bond donors (Lipinski definition) is 0. The van der Waals surface area contributed by atoms with Crippen LogP contribution in [-0.4, -0.2) is 36.1 Å². The lowest BCUT2D eigenvalue weighted by Gasteiger charge is -2.30. The molecule has 0 bridgehead atoms. The highest BCUT2D eigenvalue weighted by atomic mass is 16.6. The Hall–Kier alpha value is -2.56. The zero-order valence-electron chi connectivity index (χ0n) is 14.3. The fourth-order valence-corrected chi connectivity index (χ4v) is 2.84. The Morgan fingerprint density at radius 2 is 1.92 bits per heavy atom. The Morgan fingerprint density at radius 3 is 2.62 bits per heavy atom. The molecular formula is C19H22N2O3. The van der Waals surface area contributed by atoms with Crippen LogP contribution in [0.2, 0.25) is 0 Å². The first-order valence-electron chi connectivity index (χ1n) is 8.04. The summed E-state index contributed by atoms with van der Waals surface area (Å²) in [6, 6.07) is 11.4. The molecule has 2 heterocycles. The number of likely N-dealkylation sites (N-methyl/N-ethyl adjacent to an activating group) is 1. The molecule has 5 heteroatoms. The molecule has 1 aromatic heterocycles. The van der Waals surface area contributed by atoms with Crippen LogP contribution in [0, 0.1) is 0 Å². The van der Waals surface area contributed by atoms with Gasteiger partial charge in [0.05, 0.1) is 17.7 Å². The molecule has 0 saturated carbocycles. The van der Waals surface area contributed by atoms with E-state index in [1.165, 1.54) is 0 Å². The molecule has 1 aromatic carbocycles. The van der Waals surface area contributed by atoms with Crippen molar-refractivity contribution >= 4 is 5.91 Å². The third kappa shape index (κ3) is 3.20. The van der Waals surface area contributed by atoms with Gasteiger partial charge in [0.25, 0.3) is 0 Å². The molecule has 0 atom stereocenters. The van der Waals surface area contributed by atoms with Crippen molar-refractivity contribution in [1.82, 2.24) is 9.88 Å². The van der Waals surface area contributed by atoms with Crippen LogP contribution in [0.4, 0.5) is 0 Å². The molecule has 1 amide bonds. The topological polar surface area (TPSA) is 51.7 Å². The number of nitrogens with zero attached hydrogens (tertiary/aromatic N) is 2. The summed E-state index contributed by atoms with van der Waals surface area (Å²) in [5, 5.41) is 0. The lowest BCUT2D eigenvalue weighted by Crippen LogP contribution is -2.41. The third-order valence-electron chi connectivity index (χ3n) is 4.27. The molecule has 126 valence electrons. The quantitative estimate of drug-likeness (QED) is 0.867. The molecule has 1 aliphatic rings. The van der Waals surface area contributed by atoms with Crippen molar-refractivity contribution in [3.05, 3.63) is 53.9 Å². The van der Waals surface area contributed by atoms with Crippen LogP contribution < -0.4 is 9.47 Å². The summed E-state index contributed by atoms with van der Waals surface area (Å²) < 4.78 is 11.2. The van der Waals surface area contributed by atoms with E-state index in [2.05, 4.69) is 4.98 Å². The van der Waals surface area contributed by atoms with Crippen LogP contribution >= 0.6 is 0 Å². The van der Waals surface area contributed by atoms with Gasteiger partial charge in [0.15, 0.2) is 11.5 Å². The fourth-order valence-electron chi connectivity index (χ4n) is 2.84. The lowest BCUT2D eigenvalue weighted by atomic mass is 9.83. The zero-order valence-corrected chi connectivity index (χ0v) is 14.3. The summed E-state index contributed by atoms with van der Waals surface area (Å²) >= 11 is 0. The van der Waals surface area contributed by atoms with E-state index in [-0.39, 0.29) is 5.91 Å². The maximum atomic E-state index is 13.0. The molecule has 0 unspecified atom stereocenters. The molecule has 0 saturated heterocycles. The average Bonchev–Trinajstić information content (AvgIpc) is 2.61. The van der Waals surface area contributed by atoms with Gasteiger partial charge in [-0.25, -0.2) is 0 Å². The first-order valence-corrected chi connectivity index (χ1v) is 8.04. The first-order chi connectivity index (χ1) is 11.5. The minimum absolute atomic E-state index is 0.0323. The molecule has 1 aliphatic heterocycles. The van der Waals surface area contributed by atoms with E-state index in [0.29, 0.717) is 25.5 Å². The number of ether oxygens (including phenoxy) is 2. The van der Waals surface area contributed by atoms with E-state index in [9.17, 15) is 4.79 Å². The number of carbonyl (C=O) groups is 1. The molecule has 5 nitrogen and oxygen atoms in total. The highest BCUT2D eigenvalue weighted by Crippen LogP contribution is 2.35. The zero-order chi connectivity index (χ0) is 17.2. The minimum atomic E-state index is -0.667. The van der Waals surface area contributed by atoms with E-state index in [4.69, 9.17) is 9.47 Å². The molecule has 24 heavy (non-hydrogen) atoms. The molecule has 0 aliphatic carbocycles. The molecule has 3 rings (SSSR count). The van der Waals surface area contributed by atoms with E-state index >= 15 is 0 Å². The van der Waals surface area contributed by atoms with Crippen LogP contribution in [0.3, 0.4) is 0 Å². The standard InChI is InChI=1S/C19H22N2O3/c1-19(2,14-7-8-16-17(12-14)24-11-10-23-16)18(22)21(3)13-15-6-4-5-9-20-15/h4-9,12H,10-11,13H2,1-3H3. The van der Waals surface area contributed by atoms with Gasteiger partial charge in [0.1, 0.15) is 13.2 Å². The number of rotatable bonds is 4. The number of fused-ring (bicyclic) bond motifs is 1. The van der Waals surface area contributed by atoms with Gasteiger partial charge in [-0.05, 0) is 43.7 Å². The molecule has 0 fully saturated rings. The monoisotopic (exact) mass is 326 g/mol. The normalized spacial score (nSPS) is 13.5. The second-order valence-electron chi connectivity index (χ2n) is 6.47. The average molecular weight is 326 g/mol. The van der Waals surface area contributed by atoms with Gasteiger partial charge in [-0.3, -0.25) is 9.78 Å². The van der Waals surface area contributed by atoms with Crippen molar-refractivity contribution < 1.29 is 14.3 Å². The second-order valence-corrected chi connectivity index (χ2v) is 6.47. The number of carbonyl (C=O) groups excluding carboxylic acids is 1. The number of hydrogen-bond acceptors (Lipinski definition) is 4. The molecule has 2 aromatic rings. The van der Waals surface area contributed by atoms with E-state index in [0.717, 1.165) is 17.0 Å². The second kappa shape index (κ2) is 6.51. The lowest BCUT2D eigenvalue weighted by molar-refractivity contribution is -0.135. The Balaban J connectivity index is 1.79. The number of aromatic nitrogens is 1. The highest BCUT2D eigenvalue weighted by Gasteiger charge is 2.33. The van der Waals surface area contributed by atoms with Crippen LogP contribution in [0.25, 0.3) is 0 Å². The molecule has 0 radical (unpaired) electrons. The van der Waals surface area contributed by atoms with E-state index in [1.54, 1.807) is 18.1 Å². The maximum absolute atomic E-state index is 13.0. The van der Waals surface area contributed by atoms with Gasteiger partial charge >= 0.3 is 0 Å². The number of benzene rings is 1. The van der Waals surface area contributed by atoms with Gasteiger partial charge in [-0.15, -0.1) is 0 Å². The van der Waals surface area contributed by atoms with Gasteiger partial charge in [-0.1, -0.05) is 12.1 Å². The Bertz CT molecular complexity index is 729. The van der Waals surface area contributed by atoms with Crippen LogP contribution in [0.15, 0.2) is 42.6 Å². The smallest absolute Gasteiger partial charge is 0.232 e. The number of amides is 1. The largest absolute Gasteiger partial charge is 0.486 e. The predicted octanol–water partition coefficient (Wildman–Crippen LogP) is 2.79. The molecular weight excluding hydrogens is 304 g/mol. The summed E-state index contributed by atoms with van der Waals surface area (Å²) in [6.07, 6.45) is 1.74. The summed E-state index contributed by atoms with van der Waals surface area (Å²) in [5.41, 5.74) is 1.11. The summed E-state index contributed by atoms with van der Waals surface area (Å²) in [7, 11) is 1.80. The summed E-state index contributed by atoms with van der Waals surface area (Å²) in [4.78, 5) is 19.0. The van der Waals surface area contributed by atoms with Crippen molar-refractivity contribution in [2.45, 2.75) is 25.8 Å². The van der Waals surface area contributed by atoms with Crippen molar-refractivity contribution in [3.8, 4) is 11.5 Å². The minimum Gasteiger partial charge on any atom is -0.486 e. The van der Waals surface area contributed by atoms with E-state index < -0.39 is 5.41 Å². The van der Waals surface area contributed by atoms with Crippen LogP contribution in [-0.2, 0) is 16.8 Å². The van der Waals surface area contributed by atoms with Crippen molar-refractivity contribution in [2.24, 2.45) is 0 Å². The Morgan fingerprint density at radius 1 is 1.17 bits per heavy atom. The predicted molar refractivity (Wildman–Crippen MR) is 91.2 cm³/mol. The summed E-state index contributed by atoms with van der Waals surface area (Å²) in [5.74, 6) is 1.46.